The Labute approximate surface area is 150 Å². The lowest BCUT2D eigenvalue weighted by Crippen LogP contribution is -2.03. The lowest BCUT2D eigenvalue weighted by molar-refractivity contribution is 1.22. The highest BCUT2D eigenvalue weighted by molar-refractivity contribution is 5.90. The Kier molecular flexibility index (Phi) is 4.52. The van der Waals surface area contributed by atoms with Gasteiger partial charge >= 0.3 is 0 Å². The molecule has 0 saturated heterocycles. The molecule has 0 saturated carbocycles. The van der Waals surface area contributed by atoms with E-state index in [0.29, 0.717) is 0 Å². The maximum absolute atomic E-state index is 4.27. The van der Waals surface area contributed by atoms with Crippen molar-refractivity contribution < 1.29 is 0 Å². The van der Waals surface area contributed by atoms with Gasteiger partial charge in [0.25, 0.3) is 0 Å². The molecule has 0 unspecified atom stereocenters. The number of aromatic nitrogens is 4. The number of rotatable bonds is 1. The second-order valence-corrected chi connectivity index (χ2v) is 5.65. The van der Waals surface area contributed by atoms with Gasteiger partial charge in [0, 0.05) is 46.8 Å². The first-order chi connectivity index (χ1) is 12.9. The van der Waals surface area contributed by atoms with Crippen LogP contribution in [0.4, 0.5) is 0 Å². The number of H-pyrrole nitrogens is 1. The molecular formula is C21H17N5. The fraction of sp³-hybridized carbons (Fsp3) is 0. The van der Waals surface area contributed by atoms with Crippen LogP contribution >= 0.6 is 0 Å². The summed E-state index contributed by atoms with van der Waals surface area (Å²) in [6.07, 6.45) is 17.1. The molecule has 2 N–H and O–H groups in total. The van der Waals surface area contributed by atoms with Crippen LogP contribution in [-0.4, -0.2) is 19.9 Å². The molecule has 26 heavy (non-hydrogen) atoms. The number of nitrogens with one attached hydrogen (secondary N) is 2. The molecule has 4 heterocycles. The van der Waals surface area contributed by atoms with Gasteiger partial charge in [-0.1, -0.05) is 30.4 Å². The average molecular weight is 339 g/mol. The number of aromatic amines is 1. The molecule has 0 atom stereocenters. The summed E-state index contributed by atoms with van der Waals surface area (Å²) in [6.45, 7) is 0. The molecule has 0 radical (unpaired) electrons. The van der Waals surface area contributed by atoms with E-state index in [-0.39, 0.29) is 0 Å². The monoisotopic (exact) mass is 339 g/mol. The second-order valence-electron chi connectivity index (χ2n) is 5.65. The molecule has 0 bridgehead atoms. The quantitative estimate of drug-likeness (QED) is 0.545. The van der Waals surface area contributed by atoms with E-state index in [1.807, 2.05) is 79.4 Å². The van der Waals surface area contributed by atoms with E-state index < -0.39 is 0 Å². The summed E-state index contributed by atoms with van der Waals surface area (Å²) in [5, 5.41) is 5.47. The normalized spacial score (nSPS) is 12.8. The van der Waals surface area contributed by atoms with Gasteiger partial charge in [0.2, 0.25) is 0 Å². The predicted molar refractivity (Wildman–Crippen MR) is 105 cm³/mol. The number of hydrogen-bond acceptors (Lipinski definition) is 4. The van der Waals surface area contributed by atoms with Gasteiger partial charge in [-0.3, -0.25) is 0 Å². The first kappa shape index (κ1) is 15.8. The molecule has 3 aromatic heterocycles. The first-order valence-electron chi connectivity index (χ1n) is 8.29. The van der Waals surface area contributed by atoms with Crippen molar-refractivity contribution in [3.63, 3.8) is 0 Å². The van der Waals surface area contributed by atoms with Gasteiger partial charge in [0.05, 0.1) is 5.52 Å². The Hall–Kier alpha value is -3.73. The van der Waals surface area contributed by atoms with Gasteiger partial charge in [-0.05, 0) is 30.4 Å². The Morgan fingerprint density at radius 2 is 1.85 bits per heavy atom. The summed E-state index contributed by atoms with van der Waals surface area (Å²) in [4.78, 5) is 15.4. The van der Waals surface area contributed by atoms with Crippen LogP contribution in [0.5, 0.6) is 0 Å². The third kappa shape index (κ3) is 3.37. The smallest absolute Gasteiger partial charge is 0.137 e. The van der Waals surface area contributed by atoms with E-state index in [1.165, 1.54) is 0 Å². The SMILES string of the molecule is C1=CC=C(c2ccnc3[nH]ccc23)NC=C1.c1ccc2ncncc2c1. The van der Waals surface area contributed by atoms with Crippen molar-refractivity contribution in [2.45, 2.75) is 0 Å². The van der Waals surface area contributed by atoms with Gasteiger partial charge < -0.3 is 10.3 Å². The fourth-order valence-electron chi connectivity index (χ4n) is 2.74. The van der Waals surface area contributed by atoms with E-state index in [2.05, 4.69) is 31.3 Å². The largest absolute Gasteiger partial charge is 0.361 e. The van der Waals surface area contributed by atoms with Gasteiger partial charge in [0.1, 0.15) is 12.0 Å². The number of benzene rings is 1. The summed E-state index contributed by atoms with van der Waals surface area (Å²) in [5.41, 5.74) is 4.15. The molecule has 0 aliphatic carbocycles. The van der Waals surface area contributed by atoms with Crippen LogP contribution in [0.3, 0.4) is 0 Å². The Morgan fingerprint density at radius 3 is 2.81 bits per heavy atom. The summed E-state index contributed by atoms with van der Waals surface area (Å²) >= 11 is 0. The molecule has 4 aromatic rings. The molecule has 0 fully saturated rings. The highest BCUT2D eigenvalue weighted by atomic mass is 14.9. The first-order valence-corrected chi connectivity index (χ1v) is 8.29. The molecule has 126 valence electrons. The van der Waals surface area contributed by atoms with Crippen molar-refractivity contribution in [2.75, 3.05) is 0 Å². The zero-order chi connectivity index (χ0) is 17.6. The standard InChI is InChI=1S/C13H11N3.C8H6N2/c1-2-4-12(14-7-3-1)10-5-8-15-13-11(10)6-9-16-13;1-2-4-8-7(3-1)5-9-6-10-8/h1-9,14H,(H,15,16);1-6H. The number of nitrogens with zero attached hydrogens (tertiary/aromatic N) is 3. The number of fused-ring (bicyclic) bond motifs is 2. The molecular weight excluding hydrogens is 322 g/mol. The van der Waals surface area contributed by atoms with Gasteiger partial charge in [-0.25, -0.2) is 15.0 Å². The highest BCUT2D eigenvalue weighted by Crippen LogP contribution is 2.22. The van der Waals surface area contributed by atoms with Crippen LogP contribution in [0.2, 0.25) is 0 Å². The van der Waals surface area contributed by atoms with Crippen molar-refractivity contribution in [1.82, 2.24) is 25.3 Å². The Bertz CT molecular complexity index is 1060. The highest BCUT2D eigenvalue weighted by Gasteiger charge is 2.06. The molecule has 5 nitrogen and oxygen atoms in total. The summed E-state index contributed by atoms with van der Waals surface area (Å²) < 4.78 is 0. The summed E-state index contributed by atoms with van der Waals surface area (Å²) in [5.74, 6) is 0. The molecule has 1 aliphatic heterocycles. The minimum Gasteiger partial charge on any atom is -0.361 e. The Morgan fingerprint density at radius 1 is 0.885 bits per heavy atom. The van der Waals surface area contributed by atoms with E-state index in [9.17, 15) is 0 Å². The van der Waals surface area contributed by atoms with Crippen LogP contribution in [0.1, 0.15) is 5.56 Å². The van der Waals surface area contributed by atoms with Crippen molar-refractivity contribution >= 4 is 27.6 Å². The summed E-state index contributed by atoms with van der Waals surface area (Å²) in [6, 6.07) is 12.0. The Balaban J connectivity index is 0.000000144. The third-order valence-electron chi connectivity index (χ3n) is 3.98. The lowest BCUT2D eigenvalue weighted by atomic mass is 10.1. The van der Waals surface area contributed by atoms with Gasteiger partial charge in [0.15, 0.2) is 0 Å². The molecule has 1 aliphatic rings. The number of allylic oxidation sites excluding steroid dienone is 4. The lowest BCUT2D eigenvalue weighted by Gasteiger charge is -2.07. The van der Waals surface area contributed by atoms with Crippen LogP contribution < -0.4 is 5.32 Å². The van der Waals surface area contributed by atoms with E-state index in [0.717, 1.165) is 33.2 Å². The fourth-order valence-corrected chi connectivity index (χ4v) is 2.74. The van der Waals surface area contributed by atoms with Crippen LogP contribution in [-0.2, 0) is 0 Å². The minimum absolute atomic E-state index is 0.914. The number of hydrogen-bond donors (Lipinski definition) is 2. The number of pyridine rings is 1. The van der Waals surface area contributed by atoms with Gasteiger partial charge in [-0.15, -0.1) is 0 Å². The van der Waals surface area contributed by atoms with Crippen molar-refractivity contribution in [3.05, 3.63) is 97.4 Å². The average Bonchev–Trinajstić information content (AvgIpc) is 3.03. The predicted octanol–water partition coefficient (Wildman–Crippen LogP) is 4.21. The third-order valence-corrected chi connectivity index (χ3v) is 3.98. The molecule has 1 aromatic carbocycles. The zero-order valence-electron chi connectivity index (χ0n) is 14.0. The van der Waals surface area contributed by atoms with Crippen LogP contribution in [0, 0.1) is 0 Å². The maximum Gasteiger partial charge on any atom is 0.137 e. The van der Waals surface area contributed by atoms with E-state index in [4.69, 9.17) is 0 Å². The molecule has 5 heteroatoms. The molecule has 0 amide bonds. The minimum atomic E-state index is 0.914. The van der Waals surface area contributed by atoms with Crippen molar-refractivity contribution in [2.24, 2.45) is 0 Å². The van der Waals surface area contributed by atoms with E-state index >= 15 is 0 Å². The van der Waals surface area contributed by atoms with E-state index in [1.54, 1.807) is 6.33 Å². The van der Waals surface area contributed by atoms with Gasteiger partial charge in [-0.2, -0.15) is 0 Å². The molecule has 0 spiro atoms. The summed E-state index contributed by atoms with van der Waals surface area (Å²) in [7, 11) is 0. The second kappa shape index (κ2) is 7.44. The van der Waals surface area contributed by atoms with Crippen molar-refractivity contribution in [3.8, 4) is 0 Å². The van der Waals surface area contributed by atoms with Crippen molar-refractivity contribution in [1.29, 1.82) is 0 Å². The maximum atomic E-state index is 4.27. The van der Waals surface area contributed by atoms with Crippen LogP contribution in [0.15, 0.2) is 91.8 Å². The number of para-hydroxylation sites is 1. The topological polar surface area (TPSA) is 66.5 Å². The zero-order valence-corrected chi connectivity index (χ0v) is 14.0. The van der Waals surface area contributed by atoms with Crippen LogP contribution in [0.25, 0.3) is 27.6 Å². The molecule has 5 rings (SSSR count).